The van der Waals surface area contributed by atoms with E-state index in [0.29, 0.717) is 23.8 Å². The molecule has 1 aromatic heterocycles. The van der Waals surface area contributed by atoms with Gasteiger partial charge in [-0.15, -0.1) is 0 Å². The molecule has 1 fully saturated rings. The number of aryl methyl sites for hydroxylation is 1. The van der Waals surface area contributed by atoms with Crippen LogP contribution in [-0.2, 0) is 11.8 Å². The van der Waals surface area contributed by atoms with Crippen LogP contribution in [-0.4, -0.2) is 46.9 Å². The van der Waals surface area contributed by atoms with Gasteiger partial charge in [0.15, 0.2) is 5.69 Å². The molecule has 18 heavy (non-hydrogen) atoms. The van der Waals surface area contributed by atoms with Gasteiger partial charge in [-0.1, -0.05) is 6.92 Å². The smallest absolute Gasteiger partial charge is 0.276 e. The highest BCUT2D eigenvalue weighted by Gasteiger charge is 2.30. The molecule has 0 bridgehead atoms. The Kier molecular flexibility index (Phi) is 3.56. The van der Waals surface area contributed by atoms with E-state index < -0.39 is 0 Å². The van der Waals surface area contributed by atoms with Gasteiger partial charge in [0.2, 0.25) is 0 Å². The minimum Gasteiger partial charge on any atom is -0.396 e. The van der Waals surface area contributed by atoms with Crippen LogP contribution >= 0.6 is 0 Å². The number of piperidine rings is 1. The van der Waals surface area contributed by atoms with Crippen molar-refractivity contribution < 1.29 is 9.53 Å². The molecule has 1 aliphatic heterocycles. The van der Waals surface area contributed by atoms with Crippen molar-refractivity contribution in [2.75, 3.05) is 25.9 Å². The maximum absolute atomic E-state index is 12.3. The van der Waals surface area contributed by atoms with Gasteiger partial charge in [-0.05, 0) is 12.3 Å². The second kappa shape index (κ2) is 4.97. The standard InChI is InChI=1S/C12H20N4O2/c1-8-4-5-16(7-10(8)18-3)12(17)11-9(13)6-15(2)14-11/h6,8,10H,4-5,7,13H2,1-3H3. The van der Waals surface area contributed by atoms with Gasteiger partial charge < -0.3 is 15.4 Å². The van der Waals surface area contributed by atoms with Crippen molar-refractivity contribution in [3.8, 4) is 0 Å². The van der Waals surface area contributed by atoms with Crippen molar-refractivity contribution in [3.63, 3.8) is 0 Å². The summed E-state index contributed by atoms with van der Waals surface area (Å²) in [6.45, 7) is 3.48. The molecule has 100 valence electrons. The lowest BCUT2D eigenvalue weighted by Gasteiger charge is -2.35. The maximum atomic E-state index is 12.3. The summed E-state index contributed by atoms with van der Waals surface area (Å²) in [5, 5.41) is 4.11. The first-order valence-corrected chi connectivity index (χ1v) is 6.14. The van der Waals surface area contributed by atoms with Crippen LogP contribution in [0, 0.1) is 5.92 Å². The van der Waals surface area contributed by atoms with E-state index in [9.17, 15) is 4.79 Å². The van der Waals surface area contributed by atoms with E-state index in [1.807, 2.05) is 0 Å². The largest absolute Gasteiger partial charge is 0.396 e. The van der Waals surface area contributed by atoms with E-state index in [1.165, 1.54) is 0 Å². The van der Waals surface area contributed by atoms with Gasteiger partial charge in [-0.3, -0.25) is 9.48 Å². The summed E-state index contributed by atoms with van der Waals surface area (Å²) in [6, 6.07) is 0. The number of aromatic nitrogens is 2. The van der Waals surface area contributed by atoms with Gasteiger partial charge in [0.05, 0.1) is 11.8 Å². The second-order valence-electron chi connectivity index (χ2n) is 4.90. The molecule has 6 nitrogen and oxygen atoms in total. The summed E-state index contributed by atoms with van der Waals surface area (Å²) in [7, 11) is 3.44. The van der Waals surface area contributed by atoms with Crippen LogP contribution in [0.5, 0.6) is 0 Å². The van der Waals surface area contributed by atoms with Crippen LogP contribution < -0.4 is 5.73 Å². The lowest BCUT2D eigenvalue weighted by atomic mass is 9.95. The zero-order valence-corrected chi connectivity index (χ0v) is 11.1. The van der Waals surface area contributed by atoms with Crippen LogP contribution in [0.4, 0.5) is 5.69 Å². The van der Waals surface area contributed by atoms with Crippen molar-refractivity contribution in [1.29, 1.82) is 0 Å². The van der Waals surface area contributed by atoms with Crippen LogP contribution in [0.15, 0.2) is 6.20 Å². The molecule has 2 N–H and O–H groups in total. The molecular weight excluding hydrogens is 232 g/mol. The summed E-state index contributed by atoms with van der Waals surface area (Å²) in [4.78, 5) is 14.1. The molecule has 2 atom stereocenters. The molecule has 0 aliphatic carbocycles. The number of amides is 1. The first kappa shape index (κ1) is 12.9. The highest BCUT2D eigenvalue weighted by atomic mass is 16.5. The summed E-state index contributed by atoms with van der Waals surface area (Å²) in [5.41, 5.74) is 6.54. The lowest BCUT2D eigenvalue weighted by Crippen LogP contribution is -2.46. The van der Waals surface area contributed by atoms with Gasteiger partial charge >= 0.3 is 0 Å². The van der Waals surface area contributed by atoms with Gasteiger partial charge in [0, 0.05) is 33.4 Å². The zero-order chi connectivity index (χ0) is 13.3. The van der Waals surface area contributed by atoms with Crippen molar-refractivity contribution >= 4 is 11.6 Å². The number of carbonyl (C=O) groups is 1. The quantitative estimate of drug-likeness (QED) is 0.831. The number of hydrogen-bond donors (Lipinski definition) is 1. The predicted octanol–water partition coefficient (Wildman–Crippen LogP) is 0.499. The van der Waals surface area contributed by atoms with Gasteiger partial charge in [0.25, 0.3) is 5.91 Å². The third kappa shape index (κ3) is 2.33. The second-order valence-corrected chi connectivity index (χ2v) is 4.90. The summed E-state index contributed by atoms with van der Waals surface area (Å²) < 4.78 is 6.96. The molecule has 2 unspecified atom stereocenters. The van der Waals surface area contributed by atoms with Crippen molar-refractivity contribution in [1.82, 2.24) is 14.7 Å². The van der Waals surface area contributed by atoms with Crippen molar-refractivity contribution in [3.05, 3.63) is 11.9 Å². The molecule has 0 radical (unpaired) electrons. The summed E-state index contributed by atoms with van der Waals surface area (Å²) >= 11 is 0. The van der Waals surface area contributed by atoms with E-state index in [2.05, 4.69) is 12.0 Å². The molecule has 1 saturated heterocycles. The molecule has 6 heteroatoms. The number of anilines is 1. The average molecular weight is 252 g/mol. The average Bonchev–Trinajstić information content (AvgIpc) is 2.68. The Bertz CT molecular complexity index is 443. The van der Waals surface area contributed by atoms with E-state index in [0.717, 1.165) is 13.0 Å². The fraction of sp³-hybridized carbons (Fsp3) is 0.667. The van der Waals surface area contributed by atoms with E-state index in [-0.39, 0.29) is 12.0 Å². The molecule has 0 spiro atoms. The van der Waals surface area contributed by atoms with E-state index >= 15 is 0 Å². The fourth-order valence-electron chi connectivity index (χ4n) is 2.35. The monoisotopic (exact) mass is 252 g/mol. The number of ether oxygens (including phenoxy) is 1. The Morgan fingerprint density at radius 3 is 2.89 bits per heavy atom. The van der Waals surface area contributed by atoms with Crippen LogP contribution in [0.3, 0.4) is 0 Å². The fourth-order valence-corrected chi connectivity index (χ4v) is 2.35. The summed E-state index contributed by atoms with van der Waals surface area (Å²) in [5.74, 6) is 0.363. The first-order valence-electron chi connectivity index (χ1n) is 6.14. The SMILES string of the molecule is COC1CN(C(=O)c2nn(C)cc2N)CCC1C. The Morgan fingerprint density at radius 1 is 1.61 bits per heavy atom. The minimum atomic E-state index is -0.109. The van der Waals surface area contributed by atoms with E-state index in [1.54, 1.807) is 29.9 Å². The molecule has 1 amide bonds. The number of nitrogens with zero attached hydrogens (tertiary/aromatic N) is 3. The molecule has 0 aromatic carbocycles. The lowest BCUT2D eigenvalue weighted by molar-refractivity contribution is -0.00176. The highest BCUT2D eigenvalue weighted by Crippen LogP contribution is 2.22. The third-order valence-electron chi connectivity index (χ3n) is 3.54. The molecular formula is C12H20N4O2. The predicted molar refractivity (Wildman–Crippen MR) is 68.1 cm³/mol. The topological polar surface area (TPSA) is 73.4 Å². The number of hydrogen-bond acceptors (Lipinski definition) is 4. The Labute approximate surface area is 107 Å². The number of likely N-dealkylation sites (tertiary alicyclic amines) is 1. The Morgan fingerprint density at radius 2 is 2.33 bits per heavy atom. The molecule has 1 aliphatic rings. The zero-order valence-electron chi connectivity index (χ0n) is 11.1. The molecule has 0 saturated carbocycles. The number of methoxy groups -OCH3 is 1. The Hall–Kier alpha value is -1.56. The maximum Gasteiger partial charge on any atom is 0.276 e. The molecule has 2 heterocycles. The highest BCUT2D eigenvalue weighted by molar-refractivity contribution is 5.97. The number of carbonyl (C=O) groups excluding carboxylic acids is 1. The minimum absolute atomic E-state index is 0.0904. The number of nitrogen functional groups attached to an aromatic ring is 1. The van der Waals surface area contributed by atoms with Crippen LogP contribution in [0.25, 0.3) is 0 Å². The Balaban J connectivity index is 2.12. The molecule has 1 aromatic rings. The van der Waals surface area contributed by atoms with E-state index in [4.69, 9.17) is 10.5 Å². The van der Waals surface area contributed by atoms with Crippen molar-refractivity contribution in [2.45, 2.75) is 19.4 Å². The first-order chi connectivity index (χ1) is 8.52. The van der Waals surface area contributed by atoms with Gasteiger partial charge in [-0.2, -0.15) is 5.10 Å². The third-order valence-corrected chi connectivity index (χ3v) is 3.54. The van der Waals surface area contributed by atoms with Gasteiger partial charge in [0.1, 0.15) is 0 Å². The van der Waals surface area contributed by atoms with Crippen molar-refractivity contribution in [2.24, 2.45) is 13.0 Å². The van der Waals surface area contributed by atoms with Gasteiger partial charge in [-0.25, -0.2) is 0 Å². The molecule has 2 rings (SSSR count). The van der Waals surface area contributed by atoms with Crippen LogP contribution in [0.1, 0.15) is 23.8 Å². The summed E-state index contributed by atoms with van der Waals surface area (Å²) in [6.07, 6.45) is 2.68. The number of nitrogens with two attached hydrogens (primary N) is 1. The number of rotatable bonds is 2. The normalized spacial score (nSPS) is 24.3. The van der Waals surface area contributed by atoms with Crippen LogP contribution in [0.2, 0.25) is 0 Å².